The first-order valence-corrected chi connectivity index (χ1v) is 15.4. The SMILES string of the molecule is C#CCCCCCCCCCC(CCCCCCCCCCC(=O)O)(C(=O)OC(C)(C)C)C(=O)OC(C)(C)C. The van der Waals surface area contributed by atoms with Crippen LogP contribution in [0.2, 0.25) is 0 Å². The maximum atomic E-state index is 13.6. The number of rotatable bonds is 22. The average molecular weight is 551 g/mol. The molecular formula is C33H58O6. The molecule has 0 aliphatic carbocycles. The van der Waals surface area contributed by atoms with Gasteiger partial charge in [-0.3, -0.25) is 14.4 Å². The zero-order valence-corrected chi connectivity index (χ0v) is 26.0. The fourth-order valence-electron chi connectivity index (χ4n) is 4.67. The van der Waals surface area contributed by atoms with E-state index in [0.29, 0.717) is 12.8 Å². The second kappa shape index (κ2) is 19.9. The predicted molar refractivity (Wildman–Crippen MR) is 158 cm³/mol. The molecule has 0 heterocycles. The molecule has 6 nitrogen and oxygen atoms in total. The van der Waals surface area contributed by atoms with E-state index < -0.39 is 34.5 Å². The average Bonchev–Trinajstić information content (AvgIpc) is 2.80. The normalized spacial score (nSPS) is 12.1. The molecule has 0 atom stereocenters. The number of carbonyl (C=O) groups excluding carboxylic acids is 2. The van der Waals surface area contributed by atoms with E-state index in [2.05, 4.69) is 5.92 Å². The molecule has 39 heavy (non-hydrogen) atoms. The van der Waals surface area contributed by atoms with Crippen LogP contribution in [0, 0.1) is 17.8 Å². The summed E-state index contributed by atoms with van der Waals surface area (Å²) in [5.74, 6) is 1.03. The highest BCUT2D eigenvalue weighted by atomic mass is 16.6. The van der Waals surface area contributed by atoms with Crippen molar-refractivity contribution in [3.63, 3.8) is 0 Å². The number of hydrogen-bond acceptors (Lipinski definition) is 5. The lowest BCUT2D eigenvalue weighted by atomic mass is 9.77. The standard InChI is InChI=1S/C33H58O6/c1-8-9-10-11-12-14-17-20-23-26-33(29(36)38-31(2,3)4,30(37)39-32(5,6)7)27-24-21-18-15-13-16-19-22-25-28(34)35/h1H,9-27H2,2-7H3,(H,34,35). The van der Waals surface area contributed by atoms with E-state index in [1.165, 1.54) is 0 Å². The number of unbranched alkanes of at least 4 members (excludes halogenated alkanes) is 14. The van der Waals surface area contributed by atoms with Crippen LogP contribution >= 0.6 is 0 Å². The highest BCUT2D eigenvalue weighted by Gasteiger charge is 2.50. The first kappa shape index (κ1) is 37.0. The molecule has 0 aliphatic heterocycles. The quantitative estimate of drug-likeness (QED) is 0.0627. The molecule has 0 saturated carbocycles. The van der Waals surface area contributed by atoms with Crippen LogP contribution in [-0.4, -0.2) is 34.2 Å². The molecule has 0 saturated heterocycles. The second-order valence-electron chi connectivity index (χ2n) is 13.0. The third-order valence-corrected chi connectivity index (χ3v) is 6.75. The molecule has 6 heteroatoms. The zero-order valence-electron chi connectivity index (χ0n) is 26.0. The molecule has 0 radical (unpaired) electrons. The molecule has 0 aliphatic rings. The van der Waals surface area contributed by atoms with Crippen molar-refractivity contribution in [1.82, 2.24) is 0 Å². The Labute approximate surface area is 239 Å². The summed E-state index contributed by atoms with van der Waals surface area (Å²) in [5, 5.41) is 8.74. The van der Waals surface area contributed by atoms with Crippen LogP contribution in [0.1, 0.15) is 164 Å². The summed E-state index contributed by atoms with van der Waals surface area (Å²) in [6.45, 7) is 11.0. The maximum absolute atomic E-state index is 13.6. The van der Waals surface area contributed by atoms with Gasteiger partial charge in [0.05, 0.1) is 0 Å². The van der Waals surface area contributed by atoms with E-state index in [9.17, 15) is 14.4 Å². The van der Waals surface area contributed by atoms with Crippen molar-refractivity contribution in [2.75, 3.05) is 0 Å². The van der Waals surface area contributed by atoms with Crippen molar-refractivity contribution < 1.29 is 29.0 Å². The Morgan fingerprint density at radius 1 is 0.590 bits per heavy atom. The van der Waals surface area contributed by atoms with Gasteiger partial charge in [-0.2, -0.15) is 0 Å². The monoisotopic (exact) mass is 550 g/mol. The summed E-state index contributed by atoms with van der Waals surface area (Å²) < 4.78 is 11.6. The number of carbonyl (C=O) groups is 3. The largest absolute Gasteiger partial charge is 0.481 e. The van der Waals surface area contributed by atoms with Gasteiger partial charge in [-0.15, -0.1) is 12.3 Å². The molecule has 1 N–H and O–H groups in total. The van der Waals surface area contributed by atoms with Crippen LogP contribution in [0.3, 0.4) is 0 Å². The number of carboxylic acid groups (broad SMARTS) is 1. The Bertz CT molecular complexity index is 707. The summed E-state index contributed by atoms with van der Waals surface area (Å²) in [4.78, 5) is 37.8. The lowest BCUT2D eigenvalue weighted by molar-refractivity contribution is -0.187. The Balaban J connectivity index is 5.13. The molecule has 0 aromatic rings. The number of ether oxygens (including phenoxy) is 2. The first-order chi connectivity index (χ1) is 18.2. The highest BCUT2D eigenvalue weighted by molar-refractivity contribution is 6.00. The molecule has 0 aromatic heterocycles. The number of aliphatic carboxylic acids is 1. The molecule has 0 spiro atoms. The number of esters is 2. The number of terminal acetylenes is 1. The van der Waals surface area contributed by atoms with Crippen molar-refractivity contribution in [2.45, 2.75) is 175 Å². The molecule has 0 bridgehead atoms. The molecule has 0 rings (SSSR count). The molecule has 226 valence electrons. The summed E-state index contributed by atoms with van der Waals surface area (Å²) in [6.07, 6.45) is 22.2. The van der Waals surface area contributed by atoms with Crippen molar-refractivity contribution in [1.29, 1.82) is 0 Å². The molecule has 0 unspecified atom stereocenters. The van der Waals surface area contributed by atoms with Crippen LogP contribution < -0.4 is 0 Å². The molecular weight excluding hydrogens is 492 g/mol. The summed E-state index contributed by atoms with van der Waals surface area (Å²) in [6, 6.07) is 0. The third kappa shape index (κ3) is 19.6. The second-order valence-corrected chi connectivity index (χ2v) is 13.0. The Hall–Kier alpha value is -2.03. The minimum Gasteiger partial charge on any atom is -0.481 e. The summed E-state index contributed by atoms with van der Waals surface area (Å²) >= 11 is 0. The van der Waals surface area contributed by atoms with Crippen LogP contribution in [0.4, 0.5) is 0 Å². The van der Waals surface area contributed by atoms with E-state index in [-0.39, 0.29) is 6.42 Å². The molecule has 0 amide bonds. The van der Waals surface area contributed by atoms with E-state index in [1.54, 1.807) is 0 Å². The summed E-state index contributed by atoms with van der Waals surface area (Å²) in [5.41, 5.74) is -2.67. The maximum Gasteiger partial charge on any atom is 0.324 e. The van der Waals surface area contributed by atoms with Gasteiger partial charge >= 0.3 is 17.9 Å². The van der Waals surface area contributed by atoms with Gasteiger partial charge in [0.25, 0.3) is 0 Å². The summed E-state index contributed by atoms with van der Waals surface area (Å²) in [7, 11) is 0. The minimum absolute atomic E-state index is 0.240. The van der Waals surface area contributed by atoms with Gasteiger partial charge in [-0.1, -0.05) is 83.5 Å². The van der Waals surface area contributed by atoms with Gasteiger partial charge in [-0.25, -0.2) is 0 Å². The van der Waals surface area contributed by atoms with Gasteiger partial charge in [0.2, 0.25) is 0 Å². The molecule has 0 aromatic carbocycles. The van der Waals surface area contributed by atoms with Gasteiger partial charge in [0, 0.05) is 12.8 Å². The lowest BCUT2D eigenvalue weighted by Crippen LogP contribution is -2.46. The van der Waals surface area contributed by atoms with Gasteiger partial charge in [0.1, 0.15) is 11.2 Å². The van der Waals surface area contributed by atoms with Crippen molar-refractivity contribution in [3.05, 3.63) is 0 Å². The van der Waals surface area contributed by atoms with Crippen molar-refractivity contribution in [3.8, 4) is 12.3 Å². The number of hydrogen-bond donors (Lipinski definition) is 1. The van der Waals surface area contributed by atoms with Crippen LogP contribution in [-0.2, 0) is 23.9 Å². The first-order valence-electron chi connectivity index (χ1n) is 15.4. The van der Waals surface area contributed by atoms with Gasteiger partial charge in [-0.05, 0) is 67.2 Å². The van der Waals surface area contributed by atoms with E-state index in [1.807, 2.05) is 41.5 Å². The zero-order chi connectivity index (χ0) is 29.8. The number of carboxylic acids is 1. The van der Waals surface area contributed by atoms with Gasteiger partial charge in [0.15, 0.2) is 5.41 Å². The van der Waals surface area contributed by atoms with Gasteiger partial charge < -0.3 is 14.6 Å². The fourth-order valence-corrected chi connectivity index (χ4v) is 4.67. The van der Waals surface area contributed by atoms with E-state index in [4.69, 9.17) is 21.0 Å². The highest BCUT2D eigenvalue weighted by Crippen LogP contribution is 2.38. The van der Waals surface area contributed by atoms with Crippen LogP contribution in [0.5, 0.6) is 0 Å². The van der Waals surface area contributed by atoms with Crippen LogP contribution in [0.15, 0.2) is 0 Å². The van der Waals surface area contributed by atoms with Crippen molar-refractivity contribution in [2.24, 2.45) is 5.41 Å². The minimum atomic E-state index is -1.29. The van der Waals surface area contributed by atoms with Crippen LogP contribution in [0.25, 0.3) is 0 Å². The molecule has 0 fully saturated rings. The van der Waals surface area contributed by atoms with Crippen molar-refractivity contribution >= 4 is 17.9 Å². The fraction of sp³-hybridized carbons (Fsp3) is 0.848. The van der Waals surface area contributed by atoms with E-state index in [0.717, 1.165) is 103 Å². The topological polar surface area (TPSA) is 89.9 Å². The Morgan fingerprint density at radius 3 is 1.26 bits per heavy atom. The van der Waals surface area contributed by atoms with E-state index >= 15 is 0 Å². The third-order valence-electron chi connectivity index (χ3n) is 6.75. The Kier molecular flexibility index (Phi) is 18.9. The predicted octanol–water partition coefficient (Wildman–Crippen LogP) is 8.79. The smallest absolute Gasteiger partial charge is 0.324 e. The Morgan fingerprint density at radius 2 is 0.923 bits per heavy atom. The lowest BCUT2D eigenvalue weighted by Gasteiger charge is -2.35.